The number of hydrogen-bond donors (Lipinski definition) is 2. The molecule has 1 rings (SSSR count). The van der Waals surface area contributed by atoms with Crippen LogP contribution in [0, 0.1) is 16.2 Å². The van der Waals surface area contributed by atoms with Crippen LogP contribution in [0.1, 0.15) is 40.5 Å². The van der Waals surface area contributed by atoms with Gasteiger partial charge in [-0.2, -0.15) is 0 Å². The lowest BCUT2D eigenvalue weighted by Gasteiger charge is -2.42. The molecule has 0 unspecified atom stereocenters. The first kappa shape index (κ1) is 12.0. The lowest BCUT2D eigenvalue weighted by molar-refractivity contribution is -0.164. The van der Waals surface area contributed by atoms with Crippen LogP contribution < -0.4 is 0 Å². The van der Waals surface area contributed by atoms with E-state index >= 15 is 0 Å². The molecule has 0 radical (unpaired) electrons. The van der Waals surface area contributed by atoms with Crippen molar-refractivity contribution in [3.8, 4) is 0 Å². The molecule has 1 aliphatic rings. The zero-order valence-electron chi connectivity index (χ0n) is 9.63. The number of carboxylic acid groups (broad SMARTS) is 2. The Morgan fingerprint density at radius 3 is 1.27 bits per heavy atom. The zero-order chi connectivity index (χ0) is 12.1. The fourth-order valence-corrected chi connectivity index (χ4v) is 2.48. The van der Waals surface area contributed by atoms with Crippen molar-refractivity contribution in [2.24, 2.45) is 16.2 Å². The predicted octanol–water partition coefficient (Wildman–Crippen LogP) is 1.99. The number of rotatable bonds is 2. The number of carbonyl (C=O) groups is 2. The quantitative estimate of drug-likeness (QED) is 0.737. The van der Waals surface area contributed by atoms with E-state index in [1.54, 1.807) is 27.7 Å². The van der Waals surface area contributed by atoms with E-state index in [-0.39, 0.29) is 0 Å². The Hall–Kier alpha value is -1.06. The molecule has 0 saturated heterocycles. The van der Waals surface area contributed by atoms with Crippen LogP contribution in [-0.2, 0) is 9.59 Å². The van der Waals surface area contributed by atoms with E-state index in [2.05, 4.69) is 0 Å². The molecule has 0 spiro atoms. The van der Waals surface area contributed by atoms with Crippen LogP contribution in [-0.4, -0.2) is 22.2 Å². The first-order chi connectivity index (χ1) is 6.59. The second-order valence-electron chi connectivity index (χ2n) is 5.40. The minimum Gasteiger partial charge on any atom is -0.481 e. The standard InChI is InChI=1S/C11H18O4/c1-9(2)10(3,7(12)13)5-6-11(9,4)8(14)15/h5-6H2,1-4H3,(H,12,13)(H,14,15)/t10-,11+. The molecule has 1 saturated carbocycles. The smallest absolute Gasteiger partial charge is 0.309 e. The summed E-state index contributed by atoms with van der Waals surface area (Å²) >= 11 is 0. The molecule has 4 heteroatoms. The van der Waals surface area contributed by atoms with Gasteiger partial charge in [-0.3, -0.25) is 9.59 Å². The van der Waals surface area contributed by atoms with Crippen molar-refractivity contribution in [2.75, 3.05) is 0 Å². The van der Waals surface area contributed by atoms with Crippen LogP contribution in [0.4, 0.5) is 0 Å². The van der Waals surface area contributed by atoms with Gasteiger partial charge in [-0.05, 0) is 32.1 Å². The van der Waals surface area contributed by atoms with Crippen molar-refractivity contribution in [3.63, 3.8) is 0 Å². The van der Waals surface area contributed by atoms with Gasteiger partial charge in [0.15, 0.2) is 0 Å². The summed E-state index contributed by atoms with van der Waals surface area (Å²) in [6.45, 7) is 6.76. The Labute approximate surface area is 89.3 Å². The van der Waals surface area contributed by atoms with Gasteiger partial charge in [-0.15, -0.1) is 0 Å². The van der Waals surface area contributed by atoms with Gasteiger partial charge >= 0.3 is 11.9 Å². The average Bonchev–Trinajstić information content (AvgIpc) is 2.28. The van der Waals surface area contributed by atoms with Crippen molar-refractivity contribution in [3.05, 3.63) is 0 Å². The summed E-state index contributed by atoms with van der Waals surface area (Å²) < 4.78 is 0. The molecule has 0 bridgehead atoms. The number of hydrogen-bond acceptors (Lipinski definition) is 2. The minimum atomic E-state index is -0.958. The van der Waals surface area contributed by atoms with E-state index < -0.39 is 28.2 Å². The Balaban J connectivity index is 3.26. The predicted molar refractivity (Wildman–Crippen MR) is 54.5 cm³/mol. The maximum Gasteiger partial charge on any atom is 0.309 e. The highest BCUT2D eigenvalue weighted by atomic mass is 16.4. The molecule has 4 nitrogen and oxygen atoms in total. The Kier molecular flexibility index (Phi) is 2.38. The molecule has 0 amide bonds. The second kappa shape index (κ2) is 2.97. The summed E-state index contributed by atoms with van der Waals surface area (Å²) in [6.07, 6.45) is 0.830. The van der Waals surface area contributed by atoms with Gasteiger partial charge < -0.3 is 10.2 Å². The van der Waals surface area contributed by atoms with Gasteiger partial charge in [0.05, 0.1) is 10.8 Å². The Bertz CT molecular complexity index is 291. The van der Waals surface area contributed by atoms with Gasteiger partial charge in [-0.25, -0.2) is 0 Å². The highest BCUT2D eigenvalue weighted by Crippen LogP contribution is 2.62. The first-order valence-corrected chi connectivity index (χ1v) is 5.06. The number of carboxylic acids is 2. The molecule has 2 N–H and O–H groups in total. The van der Waals surface area contributed by atoms with Gasteiger partial charge in [0, 0.05) is 0 Å². The van der Waals surface area contributed by atoms with Gasteiger partial charge in [0.1, 0.15) is 0 Å². The third kappa shape index (κ3) is 1.20. The van der Waals surface area contributed by atoms with Crippen molar-refractivity contribution >= 4 is 11.9 Å². The largest absolute Gasteiger partial charge is 0.481 e. The highest BCUT2D eigenvalue weighted by molar-refractivity contribution is 5.82. The topological polar surface area (TPSA) is 74.6 Å². The van der Waals surface area contributed by atoms with E-state index in [1.165, 1.54) is 0 Å². The van der Waals surface area contributed by atoms with Crippen LogP contribution in [0.25, 0.3) is 0 Å². The molecule has 0 aromatic carbocycles. The highest BCUT2D eigenvalue weighted by Gasteiger charge is 2.65. The van der Waals surface area contributed by atoms with Crippen molar-refractivity contribution < 1.29 is 19.8 Å². The van der Waals surface area contributed by atoms with Crippen LogP contribution in [0.5, 0.6) is 0 Å². The normalized spacial score (nSPS) is 38.9. The molecular weight excluding hydrogens is 196 g/mol. The van der Waals surface area contributed by atoms with Crippen LogP contribution in [0.3, 0.4) is 0 Å². The van der Waals surface area contributed by atoms with Crippen molar-refractivity contribution in [1.82, 2.24) is 0 Å². The van der Waals surface area contributed by atoms with Gasteiger partial charge in [0.2, 0.25) is 0 Å². The van der Waals surface area contributed by atoms with E-state index in [4.69, 9.17) is 0 Å². The Morgan fingerprint density at radius 2 is 1.13 bits per heavy atom. The Morgan fingerprint density at radius 1 is 0.867 bits per heavy atom. The van der Waals surface area contributed by atoms with Gasteiger partial charge in [-0.1, -0.05) is 13.8 Å². The minimum absolute atomic E-state index is 0.415. The molecule has 86 valence electrons. The molecular formula is C11H18O4. The average molecular weight is 214 g/mol. The molecule has 2 atom stereocenters. The summed E-state index contributed by atoms with van der Waals surface area (Å²) in [4.78, 5) is 22.5. The van der Waals surface area contributed by atoms with E-state index in [9.17, 15) is 19.8 Å². The van der Waals surface area contributed by atoms with Crippen molar-refractivity contribution in [2.45, 2.75) is 40.5 Å². The molecule has 0 aromatic heterocycles. The molecule has 1 fully saturated rings. The van der Waals surface area contributed by atoms with Crippen LogP contribution in [0.15, 0.2) is 0 Å². The second-order valence-corrected chi connectivity index (χ2v) is 5.40. The summed E-state index contributed by atoms with van der Waals surface area (Å²) in [5, 5.41) is 18.5. The number of aliphatic carboxylic acids is 2. The lowest BCUT2D eigenvalue weighted by Crippen LogP contribution is -2.48. The fourth-order valence-electron chi connectivity index (χ4n) is 2.48. The third-order valence-electron chi connectivity index (χ3n) is 4.83. The summed E-state index contributed by atoms with van der Waals surface area (Å²) in [7, 11) is 0. The lowest BCUT2D eigenvalue weighted by atomic mass is 9.59. The van der Waals surface area contributed by atoms with E-state index in [1.807, 2.05) is 0 Å². The van der Waals surface area contributed by atoms with Gasteiger partial charge in [0.25, 0.3) is 0 Å². The van der Waals surface area contributed by atoms with Crippen LogP contribution >= 0.6 is 0 Å². The molecule has 0 heterocycles. The summed E-state index contributed by atoms with van der Waals surface area (Å²) in [5.41, 5.74) is -2.67. The third-order valence-corrected chi connectivity index (χ3v) is 4.83. The van der Waals surface area contributed by atoms with E-state index in [0.29, 0.717) is 12.8 Å². The SMILES string of the molecule is CC1(C)[C@](C)(C(=O)O)CC[C@]1(C)C(=O)O. The monoisotopic (exact) mass is 214 g/mol. The fraction of sp³-hybridized carbons (Fsp3) is 0.818. The van der Waals surface area contributed by atoms with E-state index in [0.717, 1.165) is 0 Å². The maximum atomic E-state index is 11.3. The first-order valence-electron chi connectivity index (χ1n) is 5.06. The molecule has 1 aliphatic carbocycles. The molecule has 15 heavy (non-hydrogen) atoms. The summed E-state index contributed by atoms with van der Waals surface area (Å²) in [5.74, 6) is -1.81. The van der Waals surface area contributed by atoms with Crippen LogP contribution in [0.2, 0.25) is 0 Å². The molecule has 0 aromatic rings. The van der Waals surface area contributed by atoms with Crippen molar-refractivity contribution in [1.29, 1.82) is 0 Å². The maximum absolute atomic E-state index is 11.3. The zero-order valence-corrected chi connectivity index (χ0v) is 9.63. The molecule has 0 aliphatic heterocycles. The summed E-state index contributed by atoms with van der Waals surface area (Å²) in [6, 6.07) is 0.